The van der Waals surface area contributed by atoms with Crippen molar-refractivity contribution in [2.45, 2.75) is 57.5 Å². The number of likely N-dealkylation sites (tertiary alicyclic amines) is 1. The van der Waals surface area contributed by atoms with Crippen molar-refractivity contribution in [3.05, 3.63) is 53.6 Å². The number of hydrogen-bond donors (Lipinski definition) is 2. The zero-order valence-electron chi connectivity index (χ0n) is 22.0. The lowest BCUT2D eigenvalue weighted by Gasteiger charge is -2.38. The van der Waals surface area contributed by atoms with Gasteiger partial charge in [-0.1, -0.05) is 32.9 Å². The molecule has 2 N–H and O–H groups in total. The second-order valence-electron chi connectivity index (χ2n) is 10.6. The molecule has 2 heterocycles. The monoisotopic (exact) mass is 529 g/mol. The maximum Gasteiger partial charge on any atom is 0.407 e. The number of amides is 1. The van der Waals surface area contributed by atoms with Gasteiger partial charge in [0.05, 0.1) is 16.7 Å². The summed E-state index contributed by atoms with van der Waals surface area (Å²) >= 11 is 0. The average molecular weight is 530 g/mol. The van der Waals surface area contributed by atoms with Crippen molar-refractivity contribution in [2.24, 2.45) is 11.8 Å². The van der Waals surface area contributed by atoms with E-state index in [2.05, 4.69) is 11.8 Å². The summed E-state index contributed by atoms with van der Waals surface area (Å²) in [5.41, 5.74) is 3.29. The summed E-state index contributed by atoms with van der Waals surface area (Å²) in [6, 6.07) is 12.8. The van der Waals surface area contributed by atoms with Crippen molar-refractivity contribution in [2.75, 3.05) is 41.9 Å². The molecule has 1 unspecified atom stereocenters. The molecule has 2 aliphatic heterocycles. The van der Waals surface area contributed by atoms with Crippen molar-refractivity contribution in [3.63, 3.8) is 0 Å². The van der Waals surface area contributed by atoms with Crippen molar-refractivity contribution in [1.82, 2.24) is 4.90 Å². The summed E-state index contributed by atoms with van der Waals surface area (Å²) in [5, 5.41) is 20.0. The van der Waals surface area contributed by atoms with Gasteiger partial charge in [-0.3, -0.25) is 4.31 Å². The lowest BCUT2D eigenvalue weighted by Crippen LogP contribution is -2.42. The van der Waals surface area contributed by atoms with Gasteiger partial charge in [0, 0.05) is 44.0 Å². The molecule has 2 aromatic carbocycles. The second kappa shape index (κ2) is 11.3. The lowest BCUT2D eigenvalue weighted by atomic mass is 9.93. The fourth-order valence-electron chi connectivity index (χ4n) is 5.31. The molecule has 0 bridgehead atoms. The van der Waals surface area contributed by atoms with Gasteiger partial charge >= 0.3 is 6.09 Å². The maximum absolute atomic E-state index is 13.9. The van der Waals surface area contributed by atoms with Crippen LogP contribution in [0.2, 0.25) is 0 Å². The number of nitrogens with zero attached hydrogens (tertiary/aromatic N) is 3. The van der Waals surface area contributed by atoms with Crippen LogP contribution >= 0.6 is 0 Å². The molecule has 9 heteroatoms. The predicted octanol–water partition coefficient (Wildman–Crippen LogP) is 4.73. The van der Waals surface area contributed by atoms with Crippen LogP contribution in [-0.2, 0) is 16.4 Å². The van der Waals surface area contributed by atoms with E-state index in [1.165, 1.54) is 9.21 Å². The standard InChI is InChI=1S/C28H39N3O5S/c1-4-21-5-7-23(8-6-21)31(18-20(2)3)37(35,36)24-9-10-26-25(17-24)27(32)13-16-30(26)19-22-11-14-29(15-12-22)28(33)34/h5-10,17,20,22,27,32H,4,11-16,18-19H2,1-3H3,(H,33,34). The number of aliphatic hydroxyl groups is 1. The van der Waals surface area contributed by atoms with Crippen LogP contribution in [0.25, 0.3) is 0 Å². The quantitative estimate of drug-likeness (QED) is 0.513. The Labute approximate surface area is 220 Å². The Bertz CT molecular complexity index is 1190. The number of benzene rings is 2. The second-order valence-corrected chi connectivity index (χ2v) is 12.5. The molecule has 4 rings (SSSR count). The maximum atomic E-state index is 13.9. The van der Waals surface area contributed by atoms with Gasteiger partial charge in [0.2, 0.25) is 0 Å². The van der Waals surface area contributed by atoms with E-state index in [0.29, 0.717) is 49.8 Å². The third-order valence-corrected chi connectivity index (χ3v) is 9.28. The number of piperidine rings is 1. The van der Waals surface area contributed by atoms with Gasteiger partial charge < -0.3 is 20.0 Å². The molecule has 8 nitrogen and oxygen atoms in total. The van der Waals surface area contributed by atoms with Crippen LogP contribution in [0.5, 0.6) is 0 Å². The normalized spacial score (nSPS) is 18.7. The number of carboxylic acid groups (broad SMARTS) is 1. The predicted molar refractivity (Wildman–Crippen MR) is 146 cm³/mol. The van der Waals surface area contributed by atoms with Gasteiger partial charge in [-0.05, 0) is 73.4 Å². The minimum absolute atomic E-state index is 0.131. The number of aryl methyl sites for hydroxylation is 1. The number of aliphatic hydroxyl groups excluding tert-OH is 1. The van der Waals surface area contributed by atoms with Gasteiger partial charge in [-0.15, -0.1) is 0 Å². The Balaban J connectivity index is 1.59. The topological polar surface area (TPSA) is 101 Å². The Kier molecular flexibility index (Phi) is 8.33. The Morgan fingerprint density at radius 2 is 1.73 bits per heavy atom. The smallest absolute Gasteiger partial charge is 0.407 e. The molecule has 1 saturated heterocycles. The summed E-state index contributed by atoms with van der Waals surface area (Å²) in [5.74, 6) is 0.488. The molecule has 2 aliphatic rings. The van der Waals surface area contributed by atoms with Gasteiger partial charge in [-0.2, -0.15) is 0 Å². The zero-order chi connectivity index (χ0) is 26.7. The number of sulfonamides is 1. The summed E-state index contributed by atoms with van der Waals surface area (Å²) in [6.45, 7) is 8.94. The van der Waals surface area contributed by atoms with Gasteiger partial charge in [0.25, 0.3) is 10.0 Å². The highest BCUT2D eigenvalue weighted by Crippen LogP contribution is 2.37. The zero-order valence-corrected chi connectivity index (χ0v) is 22.8. The van der Waals surface area contributed by atoms with Crippen molar-refractivity contribution < 1.29 is 23.4 Å². The molecular formula is C28H39N3O5S. The molecule has 0 saturated carbocycles. The van der Waals surface area contributed by atoms with E-state index in [0.717, 1.165) is 37.1 Å². The molecular weight excluding hydrogens is 490 g/mol. The summed E-state index contributed by atoms with van der Waals surface area (Å²) in [7, 11) is -3.84. The first-order valence-electron chi connectivity index (χ1n) is 13.3. The molecule has 0 radical (unpaired) electrons. The van der Waals surface area contributed by atoms with E-state index in [-0.39, 0.29) is 10.8 Å². The molecule has 1 amide bonds. The number of fused-ring (bicyclic) bond motifs is 1. The summed E-state index contributed by atoms with van der Waals surface area (Å²) in [4.78, 5) is 15.1. The molecule has 0 aliphatic carbocycles. The minimum atomic E-state index is -3.84. The van der Waals surface area contributed by atoms with Crippen molar-refractivity contribution >= 4 is 27.5 Å². The fourth-order valence-corrected chi connectivity index (χ4v) is 6.97. The van der Waals surface area contributed by atoms with E-state index in [4.69, 9.17) is 0 Å². The summed E-state index contributed by atoms with van der Waals surface area (Å²) in [6.07, 6.45) is 1.42. The number of rotatable bonds is 8. The molecule has 37 heavy (non-hydrogen) atoms. The van der Waals surface area contributed by atoms with Gasteiger partial charge in [0.1, 0.15) is 0 Å². The van der Waals surface area contributed by atoms with Gasteiger partial charge in [0.15, 0.2) is 0 Å². The SMILES string of the molecule is CCc1ccc(N(CC(C)C)S(=O)(=O)c2ccc3c(c2)C(O)CCN3CC2CCN(C(=O)O)CC2)cc1. The lowest BCUT2D eigenvalue weighted by molar-refractivity contribution is 0.124. The van der Waals surface area contributed by atoms with Crippen LogP contribution in [0.3, 0.4) is 0 Å². The molecule has 0 spiro atoms. The van der Waals surface area contributed by atoms with Crippen molar-refractivity contribution in [3.8, 4) is 0 Å². The third-order valence-electron chi connectivity index (χ3n) is 7.49. The molecule has 202 valence electrons. The summed E-state index contributed by atoms with van der Waals surface area (Å²) < 4.78 is 29.2. The molecule has 2 aromatic rings. The van der Waals surface area contributed by atoms with E-state index in [1.54, 1.807) is 12.1 Å². The molecule has 1 atom stereocenters. The highest BCUT2D eigenvalue weighted by Gasteiger charge is 2.31. The van der Waals surface area contributed by atoms with E-state index < -0.39 is 22.2 Å². The van der Waals surface area contributed by atoms with Crippen LogP contribution in [0.1, 0.15) is 57.3 Å². The fraction of sp³-hybridized carbons (Fsp3) is 0.536. The number of carbonyl (C=O) groups is 1. The van der Waals surface area contributed by atoms with Crippen LogP contribution in [0, 0.1) is 11.8 Å². The third kappa shape index (κ3) is 6.04. The molecule has 0 aromatic heterocycles. The van der Waals surface area contributed by atoms with Crippen LogP contribution in [0.15, 0.2) is 47.4 Å². The van der Waals surface area contributed by atoms with Gasteiger partial charge in [-0.25, -0.2) is 13.2 Å². The number of hydrogen-bond acceptors (Lipinski definition) is 5. The van der Waals surface area contributed by atoms with E-state index in [1.807, 2.05) is 44.2 Å². The Morgan fingerprint density at radius 3 is 2.32 bits per heavy atom. The van der Waals surface area contributed by atoms with E-state index >= 15 is 0 Å². The van der Waals surface area contributed by atoms with Crippen LogP contribution < -0.4 is 9.21 Å². The largest absolute Gasteiger partial charge is 0.465 e. The van der Waals surface area contributed by atoms with E-state index in [9.17, 15) is 23.4 Å². The Hall–Kier alpha value is -2.78. The van der Waals surface area contributed by atoms with Crippen LogP contribution in [-0.4, -0.2) is 62.3 Å². The minimum Gasteiger partial charge on any atom is -0.465 e. The first-order chi connectivity index (χ1) is 17.6. The Morgan fingerprint density at radius 1 is 1.05 bits per heavy atom. The first-order valence-corrected chi connectivity index (χ1v) is 14.7. The van der Waals surface area contributed by atoms with Crippen LogP contribution in [0.4, 0.5) is 16.2 Å². The first kappa shape index (κ1) is 27.3. The number of anilines is 2. The highest BCUT2D eigenvalue weighted by atomic mass is 32.2. The average Bonchev–Trinajstić information content (AvgIpc) is 2.89. The van der Waals surface area contributed by atoms with Crippen molar-refractivity contribution in [1.29, 1.82) is 0 Å². The molecule has 1 fully saturated rings. The highest BCUT2D eigenvalue weighted by molar-refractivity contribution is 7.92.